The third-order valence-corrected chi connectivity index (χ3v) is 6.93. The van der Waals surface area contributed by atoms with Gasteiger partial charge in [0.1, 0.15) is 0 Å². The molecule has 1 aliphatic rings. The summed E-state index contributed by atoms with van der Waals surface area (Å²) in [5.41, 5.74) is 4.72. The number of halogens is 2. The summed E-state index contributed by atoms with van der Waals surface area (Å²) in [4.78, 5) is 27.2. The minimum absolute atomic E-state index is 0.221. The number of hydrogen-bond acceptors (Lipinski definition) is 3. The Morgan fingerprint density at radius 3 is 2.50 bits per heavy atom. The molecule has 4 rings (SSSR count). The number of carbonyl (C=O) groups excluding carboxylic acids is 2. The molecule has 1 saturated heterocycles. The Kier molecular flexibility index (Phi) is 6.79. The van der Waals surface area contributed by atoms with Crippen LogP contribution in [0.25, 0.3) is 11.8 Å². The van der Waals surface area contributed by atoms with Crippen molar-refractivity contribution in [2.45, 2.75) is 26.7 Å². The first-order chi connectivity index (χ1) is 15.3. The highest BCUT2D eigenvalue weighted by Gasteiger charge is 2.34. The summed E-state index contributed by atoms with van der Waals surface area (Å²) >= 11 is 13.6. The summed E-state index contributed by atoms with van der Waals surface area (Å²) in [5, 5.41) is 0.956. The summed E-state index contributed by atoms with van der Waals surface area (Å²) in [6, 6.07) is 17.4. The van der Waals surface area contributed by atoms with E-state index in [-0.39, 0.29) is 11.1 Å². The fraction of sp³-hybridized carbons (Fsp3) is 0.200. The second kappa shape index (κ2) is 9.57. The van der Waals surface area contributed by atoms with E-state index in [0.29, 0.717) is 21.5 Å². The second-order valence-electron chi connectivity index (χ2n) is 7.68. The largest absolute Gasteiger partial charge is 0.316 e. The minimum atomic E-state index is -0.237. The number of nitrogens with zero attached hydrogens (tertiary/aromatic N) is 2. The van der Waals surface area contributed by atoms with Crippen molar-refractivity contribution in [1.82, 2.24) is 9.47 Å². The molecule has 0 bridgehead atoms. The first-order valence-corrected chi connectivity index (χ1v) is 11.9. The molecule has 7 heteroatoms. The maximum absolute atomic E-state index is 12.9. The number of benzene rings is 2. The van der Waals surface area contributed by atoms with E-state index in [1.54, 1.807) is 18.2 Å². The standard InChI is InChI=1S/C25H22Cl2N2O2S/c1-16-13-19(17(2)29(16)22-15-20(26)10-11-21(22)27)14-23-24(30)28(25(31)32-23)12-6-9-18-7-4-3-5-8-18/h3-5,7-8,10-11,13-15H,6,9,12H2,1-2H3/b23-14+. The Labute approximate surface area is 201 Å². The fourth-order valence-electron chi connectivity index (χ4n) is 3.88. The van der Waals surface area contributed by atoms with Crippen LogP contribution in [-0.4, -0.2) is 27.2 Å². The lowest BCUT2D eigenvalue weighted by Gasteiger charge is -2.12. The van der Waals surface area contributed by atoms with Crippen LogP contribution in [0.15, 0.2) is 59.5 Å². The smallest absolute Gasteiger partial charge is 0.293 e. The number of aryl methyl sites for hydroxylation is 2. The highest BCUT2D eigenvalue weighted by molar-refractivity contribution is 8.18. The number of imide groups is 1. The summed E-state index contributed by atoms with van der Waals surface area (Å²) in [6.45, 7) is 4.34. The molecule has 164 valence electrons. The van der Waals surface area contributed by atoms with Crippen LogP contribution in [-0.2, 0) is 11.2 Å². The van der Waals surface area contributed by atoms with E-state index >= 15 is 0 Å². The van der Waals surface area contributed by atoms with Gasteiger partial charge in [-0.2, -0.15) is 0 Å². The van der Waals surface area contributed by atoms with Crippen molar-refractivity contribution in [2.24, 2.45) is 0 Å². The summed E-state index contributed by atoms with van der Waals surface area (Å²) in [7, 11) is 0. The second-order valence-corrected chi connectivity index (χ2v) is 9.52. The van der Waals surface area contributed by atoms with Gasteiger partial charge in [-0.05, 0) is 79.9 Å². The Hall–Kier alpha value is -2.47. The molecule has 1 fully saturated rings. The highest BCUT2D eigenvalue weighted by Crippen LogP contribution is 2.35. The zero-order valence-electron chi connectivity index (χ0n) is 17.8. The molecular formula is C25H22Cl2N2O2S. The van der Waals surface area contributed by atoms with Gasteiger partial charge in [-0.3, -0.25) is 14.5 Å². The van der Waals surface area contributed by atoms with Crippen LogP contribution in [0.4, 0.5) is 4.79 Å². The van der Waals surface area contributed by atoms with Crippen molar-refractivity contribution in [2.75, 3.05) is 6.54 Å². The van der Waals surface area contributed by atoms with Gasteiger partial charge in [-0.25, -0.2) is 0 Å². The fourth-order valence-corrected chi connectivity index (χ4v) is 5.11. The average Bonchev–Trinajstić information content (AvgIpc) is 3.20. The number of carbonyl (C=O) groups is 2. The number of hydrogen-bond donors (Lipinski definition) is 0. The van der Waals surface area contributed by atoms with Crippen molar-refractivity contribution in [3.05, 3.63) is 92.1 Å². The van der Waals surface area contributed by atoms with Crippen molar-refractivity contribution in [3.8, 4) is 5.69 Å². The molecule has 0 spiro atoms. The van der Waals surface area contributed by atoms with Crippen LogP contribution >= 0.6 is 35.0 Å². The van der Waals surface area contributed by atoms with E-state index in [0.717, 1.165) is 47.2 Å². The molecular weight excluding hydrogens is 463 g/mol. The van der Waals surface area contributed by atoms with E-state index in [1.165, 1.54) is 10.5 Å². The SMILES string of the molecule is Cc1cc(/C=C2/SC(=O)N(CCCc3ccccc3)C2=O)c(C)n1-c1cc(Cl)ccc1Cl. The van der Waals surface area contributed by atoms with Gasteiger partial charge in [-0.1, -0.05) is 53.5 Å². The van der Waals surface area contributed by atoms with Crippen molar-refractivity contribution >= 4 is 52.2 Å². The van der Waals surface area contributed by atoms with Gasteiger partial charge >= 0.3 is 0 Å². The van der Waals surface area contributed by atoms with E-state index < -0.39 is 0 Å². The first kappa shape index (κ1) is 22.7. The highest BCUT2D eigenvalue weighted by atomic mass is 35.5. The molecule has 2 amide bonds. The lowest BCUT2D eigenvalue weighted by molar-refractivity contribution is -0.122. The zero-order valence-corrected chi connectivity index (χ0v) is 20.1. The Morgan fingerprint density at radius 2 is 1.75 bits per heavy atom. The molecule has 32 heavy (non-hydrogen) atoms. The molecule has 1 aliphatic heterocycles. The molecule has 0 N–H and O–H groups in total. The van der Waals surface area contributed by atoms with Crippen molar-refractivity contribution in [3.63, 3.8) is 0 Å². The maximum atomic E-state index is 12.9. The number of rotatable bonds is 6. The molecule has 0 aliphatic carbocycles. The van der Waals surface area contributed by atoms with Crippen molar-refractivity contribution < 1.29 is 9.59 Å². The van der Waals surface area contributed by atoms with Gasteiger partial charge in [0.2, 0.25) is 0 Å². The minimum Gasteiger partial charge on any atom is -0.316 e. The third-order valence-electron chi connectivity index (χ3n) is 5.47. The van der Waals surface area contributed by atoms with E-state index in [2.05, 4.69) is 12.1 Å². The molecule has 4 nitrogen and oxygen atoms in total. The van der Waals surface area contributed by atoms with E-state index in [9.17, 15) is 9.59 Å². The Balaban J connectivity index is 1.53. The van der Waals surface area contributed by atoms with Gasteiger partial charge in [0.25, 0.3) is 11.1 Å². The van der Waals surface area contributed by atoms with Crippen molar-refractivity contribution in [1.29, 1.82) is 0 Å². The molecule has 1 aromatic heterocycles. The first-order valence-electron chi connectivity index (χ1n) is 10.3. The van der Waals surface area contributed by atoms with Gasteiger partial charge in [0.15, 0.2) is 0 Å². The van der Waals surface area contributed by atoms with Crippen LogP contribution in [0.1, 0.15) is 28.9 Å². The summed E-state index contributed by atoms with van der Waals surface area (Å²) < 4.78 is 2.00. The summed E-state index contributed by atoms with van der Waals surface area (Å²) in [5.74, 6) is -0.237. The van der Waals surface area contributed by atoms with Crippen LogP contribution in [0.3, 0.4) is 0 Å². The van der Waals surface area contributed by atoms with Gasteiger partial charge < -0.3 is 4.57 Å². The number of aromatic nitrogens is 1. The molecule has 2 heterocycles. The van der Waals surface area contributed by atoms with Crippen LogP contribution in [0, 0.1) is 13.8 Å². The predicted octanol–water partition coefficient (Wildman–Crippen LogP) is 7.07. The molecule has 0 radical (unpaired) electrons. The third kappa shape index (κ3) is 4.65. The van der Waals surface area contributed by atoms with Gasteiger partial charge in [-0.15, -0.1) is 0 Å². The van der Waals surface area contributed by atoms with E-state index in [4.69, 9.17) is 23.2 Å². The Morgan fingerprint density at radius 1 is 1.00 bits per heavy atom. The molecule has 0 unspecified atom stereocenters. The molecule has 3 aromatic rings. The zero-order chi connectivity index (χ0) is 22.8. The molecule has 0 saturated carbocycles. The quantitative estimate of drug-likeness (QED) is 0.351. The topological polar surface area (TPSA) is 42.3 Å². The monoisotopic (exact) mass is 484 g/mol. The average molecular weight is 485 g/mol. The number of thioether (sulfide) groups is 1. The van der Waals surface area contributed by atoms with Crippen LogP contribution < -0.4 is 0 Å². The Bertz CT molecular complexity index is 1220. The molecule has 2 aromatic carbocycles. The lowest BCUT2D eigenvalue weighted by atomic mass is 10.1. The lowest BCUT2D eigenvalue weighted by Crippen LogP contribution is -2.29. The molecule has 0 atom stereocenters. The normalized spacial score (nSPS) is 15.2. The van der Waals surface area contributed by atoms with Gasteiger partial charge in [0.05, 0.1) is 15.6 Å². The number of amides is 2. The van der Waals surface area contributed by atoms with Gasteiger partial charge in [0, 0.05) is 23.0 Å². The predicted molar refractivity (Wildman–Crippen MR) is 133 cm³/mol. The summed E-state index contributed by atoms with van der Waals surface area (Å²) in [6.07, 6.45) is 3.35. The maximum Gasteiger partial charge on any atom is 0.293 e. The van der Waals surface area contributed by atoms with Crippen LogP contribution in [0.5, 0.6) is 0 Å². The van der Waals surface area contributed by atoms with Crippen LogP contribution in [0.2, 0.25) is 10.0 Å². The van der Waals surface area contributed by atoms with E-state index in [1.807, 2.05) is 48.7 Å².